The molecule has 0 bridgehead atoms. The van der Waals surface area contributed by atoms with Crippen LogP contribution in [0.2, 0.25) is 0 Å². The minimum Gasteiger partial charge on any atom is -0.327 e. The van der Waals surface area contributed by atoms with Gasteiger partial charge in [-0.3, -0.25) is 4.68 Å². The average Bonchev–Trinajstić information content (AvgIpc) is 2.91. The Labute approximate surface area is 92.8 Å². The van der Waals surface area contributed by atoms with Crippen molar-refractivity contribution in [2.24, 2.45) is 18.7 Å². The second-order valence-corrected chi connectivity index (χ2v) is 4.97. The second-order valence-electron chi connectivity index (χ2n) is 4.18. The maximum absolute atomic E-state index is 6.10. The van der Waals surface area contributed by atoms with Crippen LogP contribution in [0, 0.1) is 12.8 Å². The van der Waals surface area contributed by atoms with E-state index in [9.17, 15) is 0 Å². The van der Waals surface area contributed by atoms with Crippen molar-refractivity contribution in [2.75, 3.05) is 0 Å². The maximum atomic E-state index is 6.10. The lowest BCUT2D eigenvalue weighted by atomic mass is 10.1. The van der Waals surface area contributed by atoms with E-state index in [2.05, 4.69) is 21.0 Å². The quantitative estimate of drug-likeness (QED) is 0.897. The van der Waals surface area contributed by atoms with Crippen molar-refractivity contribution in [2.45, 2.75) is 32.2 Å². The van der Waals surface area contributed by atoms with Gasteiger partial charge in [-0.2, -0.15) is 5.10 Å². The molecule has 1 fully saturated rings. The molecule has 1 aromatic rings. The predicted molar refractivity (Wildman–Crippen MR) is 60.0 cm³/mol. The third-order valence-electron chi connectivity index (χ3n) is 2.92. The first-order valence-electron chi connectivity index (χ1n) is 5.03. The van der Waals surface area contributed by atoms with Crippen molar-refractivity contribution >= 4 is 15.9 Å². The Bertz CT molecular complexity index is 341. The summed E-state index contributed by atoms with van der Waals surface area (Å²) in [5, 5.41) is 4.36. The van der Waals surface area contributed by atoms with Gasteiger partial charge in [-0.1, -0.05) is 0 Å². The molecule has 3 nitrogen and oxygen atoms in total. The molecule has 1 aromatic heterocycles. The molecule has 1 saturated carbocycles. The largest absolute Gasteiger partial charge is 0.327 e. The van der Waals surface area contributed by atoms with E-state index in [1.165, 1.54) is 18.5 Å². The molecular weight excluding hydrogens is 242 g/mol. The van der Waals surface area contributed by atoms with Gasteiger partial charge < -0.3 is 5.73 Å². The number of nitrogens with zero attached hydrogens (tertiary/aromatic N) is 2. The number of nitrogens with two attached hydrogens (primary N) is 1. The van der Waals surface area contributed by atoms with E-state index in [-0.39, 0.29) is 0 Å². The highest BCUT2D eigenvalue weighted by Crippen LogP contribution is 2.34. The zero-order valence-corrected chi connectivity index (χ0v) is 10.2. The van der Waals surface area contributed by atoms with Crippen molar-refractivity contribution in [1.29, 1.82) is 0 Å². The van der Waals surface area contributed by atoms with Crippen molar-refractivity contribution in [3.05, 3.63) is 15.9 Å². The van der Waals surface area contributed by atoms with E-state index < -0.39 is 0 Å². The Kier molecular flexibility index (Phi) is 2.66. The molecule has 78 valence electrons. The van der Waals surface area contributed by atoms with Gasteiger partial charge in [-0.25, -0.2) is 0 Å². The molecule has 0 amide bonds. The Morgan fingerprint density at radius 1 is 1.64 bits per heavy atom. The zero-order valence-electron chi connectivity index (χ0n) is 8.63. The number of aryl methyl sites for hydroxylation is 2. The van der Waals surface area contributed by atoms with Gasteiger partial charge in [0.2, 0.25) is 0 Å². The number of hydrogen-bond acceptors (Lipinski definition) is 2. The molecule has 0 aromatic carbocycles. The number of hydrogen-bond donors (Lipinski definition) is 1. The Morgan fingerprint density at radius 2 is 2.29 bits per heavy atom. The van der Waals surface area contributed by atoms with Crippen molar-refractivity contribution in [3.63, 3.8) is 0 Å². The van der Waals surface area contributed by atoms with E-state index in [1.807, 2.05) is 18.7 Å². The standard InChI is InChI=1S/C10H16BrN3/c1-6-10(11)9(14(2)13-6)5-8(12)7-3-4-7/h7-8H,3-5,12H2,1-2H3. The highest BCUT2D eigenvalue weighted by molar-refractivity contribution is 9.10. The highest BCUT2D eigenvalue weighted by atomic mass is 79.9. The molecule has 14 heavy (non-hydrogen) atoms. The molecule has 1 aliphatic rings. The van der Waals surface area contributed by atoms with Crippen molar-refractivity contribution in [3.8, 4) is 0 Å². The highest BCUT2D eigenvalue weighted by Gasteiger charge is 2.29. The summed E-state index contributed by atoms with van der Waals surface area (Å²) in [5.41, 5.74) is 8.37. The summed E-state index contributed by atoms with van der Waals surface area (Å²) in [7, 11) is 1.98. The summed E-state index contributed by atoms with van der Waals surface area (Å²) in [6.07, 6.45) is 3.54. The second kappa shape index (κ2) is 3.66. The normalized spacial score (nSPS) is 18.6. The van der Waals surface area contributed by atoms with Crippen molar-refractivity contribution in [1.82, 2.24) is 9.78 Å². The lowest BCUT2D eigenvalue weighted by Crippen LogP contribution is -2.26. The van der Waals surface area contributed by atoms with Gasteiger partial charge in [0.25, 0.3) is 0 Å². The molecule has 1 aliphatic carbocycles. The first kappa shape index (κ1) is 10.2. The summed E-state index contributed by atoms with van der Waals surface area (Å²) < 4.78 is 3.05. The topological polar surface area (TPSA) is 43.8 Å². The van der Waals surface area contributed by atoms with Crippen molar-refractivity contribution < 1.29 is 0 Å². The van der Waals surface area contributed by atoms with E-state index in [0.29, 0.717) is 6.04 Å². The monoisotopic (exact) mass is 257 g/mol. The number of halogens is 1. The Hall–Kier alpha value is -0.350. The van der Waals surface area contributed by atoms with Gasteiger partial charge in [-0.05, 0) is 41.6 Å². The van der Waals surface area contributed by atoms with Gasteiger partial charge in [0.15, 0.2) is 0 Å². The van der Waals surface area contributed by atoms with Crippen LogP contribution in [0.4, 0.5) is 0 Å². The van der Waals surface area contributed by atoms with Crippen LogP contribution in [0.5, 0.6) is 0 Å². The molecule has 0 aliphatic heterocycles. The van der Waals surface area contributed by atoms with Gasteiger partial charge in [0, 0.05) is 19.5 Å². The SMILES string of the molecule is Cc1nn(C)c(CC(N)C2CC2)c1Br. The van der Waals surface area contributed by atoms with Crippen LogP contribution in [-0.4, -0.2) is 15.8 Å². The molecule has 1 heterocycles. The molecule has 0 radical (unpaired) electrons. The maximum Gasteiger partial charge on any atom is 0.0738 e. The molecule has 0 saturated heterocycles. The first-order valence-corrected chi connectivity index (χ1v) is 5.82. The fourth-order valence-corrected chi connectivity index (χ4v) is 2.31. The number of aromatic nitrogens is 2. The third-order valence-corrected chi connectivity index (χ3v) is 3.95. The van der Waals surface area contributed by atoms with E-state index >= 15 is 0 Å². The van der Waals surface area contributed by atoms with Gasteiger partial charge in [0.05, 0.1) is 15.9 Å². The fourth-order valence-electron chi connectivity index (χ4n) is 1.82. The van der Waals surface area contributed by atoms with Crippen LogP contribution >= 0.6 is 15.9 Å². The Balaban J connectivity index is 2.14. The van der Waals surface area contributed by atoms with Gasteiger partial charge in [-0.15, -0.1) is 0 Å². The summed E-state index contributed by atoms with van der Waals surface area (Å²) >= 11 is 3.56. The van der Waals surface area contributed by atoms with Gasteiger partial charge >= 0.3 is 0 Å². The fraction of sp³-hybridized carbons (Fsp3) is 0.700. The van der Waals surface area contributed by atoms with E-state index in [4.69, 9.17) is 5.73 Å². The lowest BCUT2D eigenvalue weighted by Gasteiger charge is -2.10. The minimum atomic E-state index is 0.307. The van der Waals surface area contributed by atoms with E-state index in [1.54, 1.807) is 0 Å². The van der Waals surface area contributed by atoms with E-state index in [0.717, 1.165) is 22.5 Å². The predicted octanol–water partition coefficient (Wildman–Crippen LogP) is 1.77. The van der Waals surface area contributed by atoms with Crippen LogP contribution in [0.1, 0.15) is 24.2 Å². The minimum absolute atomic E-state index is 0.307. The van der Waals surface area contributed by atoms with Gasteiger partial charge in [0.1, 0.15) is 0 Å². The van der Waals surface area contributed by atoms with Crippen LogP contribution < -0.4 is 5.73 Å². The Morgan fingerprint density at radius 3 is 2.71 bits per heavy atom. The molecule has 0 spiro atoms. The molecule has 4 heteroatoms. The number of rotatable bonds is 3. The van der Waals surface area contributed by atoms with Crippen LogP contribution in [-0.2, 0) is 13.5 Å². The molecule has 2 rings (SSSR count). The zero-order chi connectivity index (χ0) is 10.3. The summed E-state index contributed by atoms with van der Waals surface area (Å²) in [6, 6.07) is 0.307. The lowest BCUT2D eigenvalue weighted by molar-refractivity contribution is 0.561. The smallest absolute Gasteiger partial charge is 0.0738 e. The first-order chi connectivity index (χ1) is 6.59. The molecule has 1 atom stereocenters. The average molecular weight is 258 g/mol. The summed E-state index contributed by atoms with van der Waals surface area (Å²) in [4.78, 5) is 0. The third kappa shape index (κ3) is 1.86. The molecular formula is C10H16BrN3. The molecule has 2 N–H and O–H groups in total. The summed E-state index contributed by atoms with van der Waals surface area (Å²) in [6.45, 7) is 2.01. The van der Waals surface area contributed by atoms with Crippen LogP contribution in [0.3, 0.4) is 0 Å². The van der Waals surface area contributed by atoms with Crippen LogP contribution in [0.25, 0.3) is 0 Å². The molecule has 1 unspecified atom stereocenters. The summed E-state index contributed by atoms with van der Waals surface area (Å²) in [5.74, 6) is 0.747. The van der Waals surface area contributed by atoms with Crippen LogP contribution in [0.15, 0.2) is 4.47 Å².